The summed E-state index contributed by atoms with van der Waals surface area (Å²) in [7, 11) is 0. The van der Waals surface area contributed by atoms with Gasteiger partial charge >= 0.3 is 0 Å². The molecule has 0 aromatic rings. The van der Waals surface area contributed by atoms with E-state index < -0.39 is 0 Å². The molecule has 0 bridgehead atoms. The predicted molar refractivity (Wildman–Crippen MR) is 83.1 cm³/mol. The summed E-state index contributed by atoms with van der Waals surface area (Å²) in [6.07, 6.45) is 3.13. The van der Waals surface area contributed by atoms with Crippen molar-refractivity contribution in [3.8, 4) is 0 Å². The number of ether oxygens (including phenoxy) is 1. The van der Waals surface area contributed by atoms with Gasteiger partial charge in [0.25, 0.3) is 0 Å². The molecule has 2 heterocycles. The predicted octanol–water partition coefficient (Wildman–Crippen LogP) is 1.42. The first-order valence-corrected chi connectivity index (χ1v) is 8.61. The van der Waals surface area contributed by atoms with E-state index in [4.69, 9.17) is 4.74 Å². The van der Waals surface area contributed by atoms with Crippen LogP contribution in [0.25, 0.3) is 0 Å². The van der Waals surface area contributed by atoms with Crippen LogP contribution in [0.5, 0.6) is 0 Å². The summed E-state index contributed by atoms with van der Waals surface area (Å²) in [6.45, 7) is 8.88. The number of nitrogens with one attached hydrogen (secondary N) is 1. The maximum atomic E-state index is 12.2. The smallest absolute Gasteiger partial charge is 0.226 e. The van der Waals surface area contributed by atoms with Gasteiger partial charge in [0, 0.05) is 18.4 Å². The molecule has 0 aromatic heterocycles. The first-order valence-electron chi connectivity index (χ1n) is 8.61. The van der Waals surface area contributed by atoms with Crippen molar-refractivity contribution in [2.24, 2.45) is 23.7 Å². The average molecular weight is 308 g/mol. The lowest BCUT2D eigenvalue weighted by Gasteiger charge is -2.53. The van der Waals surface area contributed by atoms with Crippen molar-refractivity contribution in [1.29, 1.82) is 0 Å². The Morgan fingerprint density at radius 3 is 2.55 bits per heavy atom. The first-order chi connectivity index (χ1) is 10.4. The Balaban J connectivity index is 1.38. The minimum atomic E-state index is -0.0909. The largest absolute Gasteiger partial charge is 0.371 e. The molecule has 3 atom stereocenters. The first kappa shape index (κ1) is 15.8. The van der Waals surface area contributed by atoms with Crippen molar-refractivity contribution >= 4 is 11.8 Å². The van der Waals surface area contributed by atoms with Crippen molar-refractivity contribution in [2.45, 2.75) is 45.6 Å². The SMILES string of the molecule is CC(C)C(=O)NC[C@@H]1CCC2(CN(C(=O)[C@H]3C[C@H]3C)C2)OC1. The highest BCUT2D eigenvalue weighted by atomic mass is 16.5. The monoisotopic (exact) mass is 308 g/mol. The summed E-state index contributed by atoms with van der Waals surface area (Å²) in [5.41, 5.74) is -0.0909. The van der Waals surface area contributed by atoms with Crippen LogP contribution in [0.2, 0.25) is 0 Å². The van der Waals surface area contributed by atoms with Gasteiger partial charge in [0.1, 0.15) is 5.60 Å². The second-order valence-electron chi connectivity index (χ2n) is 7.81. The number of hydrogen-bond acceptors (Lipinski definition) is 3. The second-order valence-corrected chi connectivity index (χ2v) is 7.81. The van der Waals surface area contributed by atoms with E-state index >= 15 is 0 Å². The Morgan fingerprint density at radius 2 is 2.05 bits per heavy atom. The Labute approximate surface area is 132 Å². The number of rotatable bonds is 4. The number of nitrogens with zero attached hydrogens (tertiary/aromatic N) is 1. The minimum Gasteiger partial charge on any atom is -0.371 e. The molecule has 2 aliphatic heterocycles. The van der Waals surface area contributed by atoms with E-state index in [0.29, 0.717) is 30.9 Å². The molecule has 3 rings (SSSR count). The van der Waals surface area contributed by atoms with Crippen LogP contribution in [-0.4, -0.2) is 48.6 Å². The molecule has 2 amide bonds. The van der Waals surface area contributed by atoms with E-state index in [1.54, 1.807) is 0 Å². The third-order valence-electron chi connectivity index (χ3n) is 5.42. The molecule has 1 saturated carbocycles. The van der Waals surface area contributed by atoms with E-state index in [-0.39, 0.29) is 23.3 Å². The molecule has 124 valence electrons. The zero-order chi connectivity index (χ0) is 15.9. The highest BCUT2D eigenvalue weighted by Gasteiger charge is 2.52. The van der Waals surface area contributed by atoms with E-state index in [2.05, 4.69) is 12.2 Å². The Kier molecular flexibility index (Phi) is 4.19. The van der Waals surface area contributed by atoms with Crippen LogP contribution in [0.4, 0.5) is 0 Å². The van der Waals surface area contributed by atoms with Crippen molar-refractivity contribution in [1.82, 2.24) is 10.2 Å². The summed E-state index contributed by atoms with van der Waals surface area (Å²) in [6, 6.07) is 0. The van der Waals surface area contributed by atoms with E-state index in [1.807, 2.05) is 18.7 Å². The van der Waals surface area contributed by atoms with Crippen LogP contribution in [0, 0.1) is 23.7 Å². The fourth-order valence-corrected chi connectivity index (χ4v) is 3.48. The molecule has 1 N–H and O–H groups in total. The van der Waals surface area contributed by atoms with Gasteiger partial charge in [-0.15, -0.1) is 0 Å². The molecule has 0 radical (unpaired) electrons. The molecule has 1 spiro atoms. The highest BCUT2D eigenvalue weighted by Crippen LogP contribution is 2.43. The van der Waals surface area contributed by atoms with Gasteiger partial charge in [-0.05, 0) is 31.1 Å². The standard InChI is InChI=1S/C17H28N2O3/c1-11(2)15(20)18-7-13-4-5-17(22-8-13)9-19(10-17)16(21)14-6-12(14)3/h11-14H,4-10H2,1-3H3,(H,18,20)/t12-,13+,14+/m1/s1. The van der Waals surface area contributed by atoms with Crippen LogP contribution in [0.15, 0.2) is 0 Å². The van der Waals surface area contributed by atoms with Crippen LogP contribution in [-0.2, 0) is 14.3 Å². The summed E-state index contributed by atoms with van der Waals surface area (Å²) < 4.78 is 6.07. The number of amides is 2. The maximum absolute atomic E-state index is 12.2. The molecule has 2 saturated heterocycles. The van der Waals surface area contributed by atoms with Gasteiger partial charge in [0.05, 0.1) is 19.7 Å². The molecule has 0 aromatic carbocycles. The molecule has 5 nitrogen and oxygen atoms in total. The zero-order valence-corrected chi connectivity index (χ0v) is 13.9. The Hall–Kier alpha value is -1.10. The fourth-order valence-electron chi connectivity index (χ4n) is 3.48. The maximum Gasteiger partial charge on any atom is 0.226 e. The zero-order valence-electron chi connectivity index (χ0n) is 13.9. The van der Waals surface area contributed by atoms with Crippen LogP contribution < -0.4 is 5.32 Å². The van der Waals surface area contributed by atoms with Gasteiger partial charge in [-0.2, -0.15) is 0 Å². The van der Waals surface area contributed by atoms with Gasteiger partial charge in [-0.25, -0.2) is 0 Å². The van der Waals surface area contributed by atoms with Crippen molar-refractivity contribution in [3.05, 3.63) is 0 Å². The van der Waals surface area contributed by atoms with Gasteiger partial charge in [0.15, 0.2) is 0 Å². The summed E-state index contributed by atoms with van der Waals surface area (Å²) in [4.78, 5) is 25.7. The van der Waals surface area contributed by atoms with Crippen molar-refractivity contribution in [2.75, 3.05) is 26.2 Å². The molecular weight excluding hydrogens is 280 g/mol. The topological polar surface area (TPSA) is 58.6 Å². The Morgan fingerprint density at radius 1 is 1.36 bits per heavy atom. The molecular formula is C17H28N2O3. The quantitative estimate of drug-likeness (QED) is 0.854. The van der Waals surface area contributed by atoms with Crippen LogP contribution >= 0.6 is 0 Å². The van der Waals surface area contributed by atoms with Crippen molar-refractivity contribution in [3.63, 3.8) is 0 Å². The molecule has 0 unspecified atom stereocenters. The van der Waals surface area contributed by atoms with Crippen LogP contribution in [0.3, 0.4) is 0 Å². The summed E-state index contributed by atoms with van der Waals surface area (Å²) in [5.74, 6) is 1.73. The Bertz CT molecular complexity index is 447. The van der Waals surface area contributed by atoms with E-state index in [0.717, 1.165) is 32.4 Å². The van der Waals surface area contributed by atoms with Crippen molar-refractivity contribution < 1.29 is 14.3 Å². The number of hydrogen-bond donors (Lipinski definition) is 1. The molecule has 22 heavy (non-hydrogen) atoms. The summed E-state index contributed by atoms with van der Waals surface area (Å²) >= 11 is 0. The number of carbonyl (C=O) groups excluding carboxylic acids is 2. The average Bonchev–Trinajstić information content (AvgIpc) is 3.19. The van der Waals surface area contributed by atoms with Gasteiger partial charge in [-0.1, -0.05) is 20.8 Å². The van der Waals surface area contributed by atoms with Gasteiger partial charge in [0.2, 0.25) is 11.8 Å². The highest BCUT2D eigenvalue weighted by molar-refractivity contribution is 5.82. The molecule has 3 fully saturated rings. The molecule has 5 heteroatoms. The van der Waals surface area contributed by atoms with E-state index in [9.17, 15) is 9.59 Å². The summed E-state index contributed by atoms with van der Waals surface area (Å²) in [5, 5.41) is 2.99. The lowest BCUT2D eigenvalue weighted by Crippen LogP contribution is -2.66. The van der Waals surface area contributed by atoms with E-state index in [1.165, 1.54) is 0 Å². The van der Waals surface area contributed by atoms with Crippen LogP contribution in [0.1, 0.15) is 40.0 Å². The number of carbonyl (C=O) groups is 2. The normalized spacial score (nSPS) is 32.7. The lowest BCUT2D eigenvalue weighted by atomic mass is 9.82. The van der Waals surface area contributed by atoms with Gasteiger partial charge < -0.3 is 15.0 Å². The molecule has 1 aliphatic carbocycles. The minimum absolute atomic E-state index is 0.0341. The lowest BCUT2D eigenvalue weighted by molar-refractivity contribution is -0.189. The number of likely N-dealkylation sites (tertiary alicyclic amines) is 1. The fraction of sp³-hybridized carbons (Fsp3) is 0.882. The third kappa shape index (κ3) is 3.14. The van der Waals surface area contributed by atoms with Gasteiger partial charge in [-0.3, -0.25) is 9.59 Å². The third-order valence-corrected chi connectivity index (χ3v) is 5.42. The molecule has 3 aliphatic rings. The second kappa shape index (κ2) is 5.84.